The molecule has 0 aliphatic carbocycles. The lowest BCUT2D eigenvalue weighted by molar-refractivity contribution is -0.123. The predicted molar refractivity (Wildman–Crippen MR) is 145 cm³/mol. The third-order valence-corrected chi connectivity index (χ3v) is 11.0. The smallest absolute Gasteiger partial charge is 0.252 e. The zero-order valence-corrected chi connectivity index (χ0v) is 22.8. The van der Waals surface area contributed by atoms with Gasteiger partial charge in [-0.3, -0.25) is 14.7 Å². The number of aryl methyl sites for hydroxylation is 1. The molecule has 1 aliphatic heterocycles. The van der Waals surface area contributed by atoms with Crippen molar-refractivity contribution in [3.05, 3.63) is 70.3 Å². The zero-order valence-electron chi connectivity index (χ0n) is 19.6. The third-order valence-electron chi connectivity index (χ3n) is 6.38. The van der Waals surface area contributed by atoms with Crippen LogP contribution in [0.3, 0.4) is 0 Å². The molecule has 4 heterocycles. The van der Waals surface area contributed by atoms with E-state index in [9.17, 15) is 13.2 Å². The van der Waals surface area contributed by atoms with Gasteiger partial charge in [-0.1, -0.05) is 48.1 Å². The van der Waals surface area contributed by atoms with E-state index >= 15 is 0 Å². The van der Waals surface area contributed by atoms with Gasteiger partial charge in [0.15, 0.2) is 5.13 Å². The topological polar surface area (TPSA) is 83.5 Å². The van der Waals surface area contributed by atoms with Gasteiger partial charge >= 0.3 is 0 Å². The summed E-state index contributed by atoms with van der Waals surface area (Å²) < 4.78 is 29.2. The third kappa shape index (κ3) is 5.05. The van der Waals surface area contributed by atoms with Crippen molar-refractivity contribution in [2.24, 2.45) is 5.92 Å². The second-order valence-corrected chi connectivity index (χ2v) is 13.5. The Bertz CT molecular complexity index is 1480. The largest absolute Gasteiger partial charge is 0.283 e. The number of hydrogen-bond acceptors (Lipinski definition) is 7. The van der Waals surface area contributed by atoms with Crippen LogP contribution in [-0.2, 0) is 27.8 Å². The summed E-state index contributed by atoms with van der Waals surface area (Å²) >= 11 is 8.51. The van der Waals surface area contributed by atoms with Crippen molar-refractivity contribution in [2.45, 2.75) is 36.9 Å². The van der Waals surface area contributed by atoms with E-state index in [1.165, 1.54) is 21.7 Å². The maximum atomic E-state index is 13.9. The molecule has 1 amide bonds. The quantitative estimate of drug-likeness (QED) is 0.294. The van der Waals surface area contributed by atoms with Crippen LogP contribution in [0.25, 0.3) is 10.2 Å². The molecule has 1 fully saturated rings. The number of pyridine rings is 1. The number of anilines is 1. The maximum absolute atomic E-state index is 13.9. The van der Waals surface area contributed by atoms with E-state index in [2.05, 4.69) is 18.0 Å². The molecular formula is C25H25ClN4O3S3. The molecule has 188 valence electrons. The first-order valence-electron chi connectivity index (χ1n) is 11.7. The number of benzene rings is 1. The molecule has 1 aromatic carbocycles. The highest BCUT2D eigenvalue weighted by molar-refractivity contribution is 7.91. The Hall–Kier alpha value is -2.37. The van der Waals surface area contributed by atoms with Crippen molar-refractivity contribution in [3.8, 4) is 0 Å². The number of halogens is 1. The molecule has 36 heavy (non-hydrogen) atoms. The molecule has 1 saturated heterocycles. The molecule has 7 nitrogen and oxygen atoms in total. The summed E-state index contributed by atoms with van der Waals surface area (Å²) in [6.07, 6.45) is 5.22. The highest BCUT2D eigenvalue weighted by Crippen LogP contribution is 2.35. The molecule has 0 saturated carbocycles. The van der Waals surface area contributed by atoms with Crippen molar-refractivity contribution in [3.63, 3.8) is 0 Å². The zero-order chi connectivity index (χ0) is 25.3. The van der Waals surface area contributed by atoms with Gasteiger partial charge in [-0.25, -0.2) is 13.4 Å². The number of sulfonamides is 1. The monoisotopic (exact) mass is 560 g/mol. The van der Waals surface area contributed by atoms with Crippen LogP contribution in [0.1, 0.15) is 30.9 Å². The van der Waals surface area contributed by atoms with Crippen LogP contribution in [0, 0.1) is 5.92 Å². The second-order valence-electron chi connectivity index (χ2n) is 8.64. The van der Waals surface area contributed by atoms with Crippen molar-refractivity contribution in [1.82, 2.24) is 14.3 Å². The van der Waals surface area contributed by atoms with Crippen LogP contribution in [0.2, 0.25) is 4.34 Å². The first-order valence-corrected chi connectivity index (χ1v) is 15.2. The molecule has 0 N–H and O–H groups in total. The molecule has 0 radical (unpaired) electrons. The average molecular weight is 561 g/mol. The van der Waals surface area contributed by atoms with Crippen LogP contribution in [0.4, 0.5) is 5.13 Å². The number of thiazole rings is 1. The number of carbonyl (C=O) groups is 1. The van der Waals surface area contributed by atoms with Crippen molar-refractivity contribution in [1.29, 1.82) is 0 Å². The minimum absolute atomic E-state index is 0.0350. The number of amides is 1. The highest BCUT2D eigenvalue weighted by atomic mass is 35.5. The summed E-state index contributed by atoms with van der Waals surface area (Å²) in [6.45, 7) is 3.03. The van der Waals surface area contributed by atoms with E-state index in [4.69, 9.17) is 16.6 Å². The maximum Gasteiger partial charge on any atom is 0.252 e. The minimum atomic E-state index is -3.61. The Morgan fingerprint density at radius 2 is 1.94 bits per heavy atom. The number of rotatable bonds is 7. The lowest BCUT2D eigenvalue weighted by atomic mass is 9.96. The van der Waals surface area contributed by atoms with Crippen LogP contribution in [0.15, 0.2) is 59.1 Å². The van der Waals surface area contributed by atoms with E-state index in [1.807, 2.05) is 24.3 Å². The van der Waals surface area contributed by atoms with Crippen LogP contribution < -0.4 is 4.90 Å². The molecule has 11 heteroatoms. The molecular weight excluding hydrogens is 536 g/mol. The molecule has 5 rings (SSSR count). The van der Waals surface area contributed by atoms with E-state index in [0.717, 1.165) is 39.1 Å². The number of fused-ring (bicyclic) bond motifs is 1. The normalized spacial score (nSPS) is 15.4. The fourth-order valence-corrected chi connectivity index (χ4v) is 8.56. The summed E-state index contributed by atoms with van der Waals surface area (Å²) in [7, 11) is -3.61. The summed E-state index contributed by atoms with van der Waals surface area (Å²) in [6, 6.07) is 13.0. The van der Waals surface area contributed by atoms with Crippen molar-refractivity contribution in [2.75, 3.05) is 18.0 Å². The van der Waals surface area contributed by atoms with E-state index < -0.39 is 10.0 Å². The van der Waals surface area contributed by atoms with Gasteiger partial charge in [-0.2, -0.15) is 4.31 Å². The molecule has 4 aromatic rings. The highest BCUT2D eigenvalue weighted by Gasteiger charge is 2.35. The van der Waals surface area contributed by atoms with Gasteiger partial charge in [-0.15, -0.1) is 11.3 Å². The van der Waals surface area contributed by atoms with Crippen LogP contribution in [-0.4, -0.2) is 41.7 Å². The van der Waals surface area contributed by atoms with Crippen molar-refractivity contribution < 1.29 is 13.2 Å². The number of piperidine rings is 1. The number of para-hydroxylation sites is 1. The molecule has 0 bridgehead atoms. The van der Waals surface area contributed by atoms with Gasteiger partial charge < -0.3 is 0 Å². The molecule has 0 atom stereocenters. The summed E-state index contributed by atoms with van der Waals surface area (Å²) in [5.74, 6) is -0.329. The Morgan fingerprint density at radius 3 is 2.61 bits per heavy atom. The van der Waals surface area contributed by atoms with Gasteiger partial charge in [0.05, 0.1) is 21.1 Å². The summed E-state index contributed by atoms with van der Waals surface area (Å²) in [4.78, 5) is 24.7. The lowest BCUT2D eigenvalue weighted by Crippen LogP contribution is -2.44. The molecule has 0 spiro atoms. The van der Waals surface area contributed by atoms with Crippen molar-refractivity contribution >= 4 is 65.6 Å². The summed E-state index contributed by atoms with van der Waals surface area (Å²) in [5, 5.41) is 0.656. The van der Waals surface area contributed by atoms with E-state index in [0.29, 0.717) is 28.9 Å². The van der Waals surface area contributed by atoms with Gasteiger partial charge in [0.25, 0.3) is 10.0 Å². The van der Waals surface area contributed by atoms with E-state index in [-0.39, 0.29) is 29.1 Å². The van der Waals surface area contributed by atoms with E-state index in [1.54, 1.807) is 23.4 Å². The summed E-state index contributed by atoms with van der Waals surface area (Å²) in [5.41, 5.74) is 2.99. The second kappa shape index (κ2) is 10.5. The molecule has 1 aliphatic rings. The number of hydrogen-bond donors (Lipinski definition) is 0. The number of nitrogens with zero attached hydrogens (tertiary/aromatic N) is 4. The molecule has 0 unspecified atom stereocenters. The van der Waals surface area contributed by atoms with Gasteiger partial charge in [0.2, 0.25) is 5.91 Å². The SMILES string of the molecule is CCc1cccc2sc(N(Cc3cccnc3)C(=O)C3CCN(S(=O)(=O)c4ccc(Cl)s4)CC3)nc12. The molecule has 3 aromatic heterocycles. The lowest BCUT2D eigenvalue weighted by Gasteiger charge is -2.32. The number of thiophene rings is 1. The number of carbonyl (C=O) groups excluding carboxylic acids is 1. The Labute approximate surface area is 223 Å². The fourth-order valence-electron chi connectivity index (χ4n) is 4.44. The Morgan fingerprint density at radius 1 is 1.14 bits per heavy atom. The predicted octanol–water partition coefficient (Wildman–Crippen LogP) is 5.60. The van der Waals surface area contributed by atoms with Gasteiger partial charge in [0, 0.05) is 31.4 Å². The minimum Gasteiger partial charge on any atom is -0.283 e. The average Bonchev–Trinajstić information content (AvgIpc) is 3.54. The number of aromatic nitrogens is 2. The Kier molecular flexibility index (Phi) is 7.41. The standard InChI is InChI=1S/C25H25ClN4O3S3/c1-2-18-6-3-7-20-23(18)28-25(34-20)30(16-17-5-4-12-27-15-17)24(31)19-10-13-29(14-11-19)36(32,33)22-9-8-21(26)35-22/h3-9,12,15,19H,2,10-11,13-14,16H2,1H3. The first-order chi connectivity index (χ1) is 17.4. The van der Waals surface area contributed by atoms with Crippen LogP contribution >= 0.6 is 34.3 Å². The fraction of sp³-hybridized carbons (Fsp3) is 0.320. The van der Waals surface area contributed by atoms with Gasteiger partial charge in [0.1, 0.15) is 4.21 Å². The van der Waals surface area contributed by atoms with Gasteiger partial charge in [-0.05, 0) is 54.7 Å². The first kappa shape index (κ1) is 25.3. The Balaban J connectivity index is 1.39. The van der Waals surface area contributed by atoms with Crippen LogP contribution in [0.5, 0.6) is 0 Å².